The summed E-state index contributed by atoms with van der Waals surface area (Å²) in [4.78, 5) is 27.6. The third-order valence-electron chi connectivity index (χ3n) is 2.95. The molecule has 2 rings (SSSR count). The van der Waals surface area contributed by atoms with Crippen molar-refractivity contribution >= 4 is 17.7 Å². The Bertz CT molecular complexity index is 396. The van der Waals surface area contributed by atoms with Crippen LogP contribution in [0, 0.1) is 0 Å². The predicted molar refractivity (Wildman–Crippen MR) is 57.9 cm³/mol. The van der Waals surface area contributed by atoms with E-state index in [1.54, 1.807) is 0 Å². The molecular formula is C10H14N2O6. The molecule has 2 aliphatic rings. The number of esters is 1. The van der Waals surface area contributed by atoms with E-state index in [-0.39, 0.29) is 25.3 Å². The molecule has 2 amide bonds. The van der Waals surface area contributed by atoms with Gasteiger partial charge in [0, 0.05) is 6.42 Å². The highest BCUT2D eigenvalue weighted by Gasteiger charge is 2.42. The van der Waals surface area contributed by atoms with E-state index >= 15 is 0 Å². The second kappa shape index (κ2) is 5.01. The van der Waals surface area contributed by atoms with Gasteiger partial charge in [-0.3, -0.25) is 4.90 Å². The summed E-state index contributed by atoms with van der Waals surface area (Å²) < 4.78 is 9.80. The summed E-state index contributed by atoms with van der Waals surface area (Å²) in [6.45, 7) is -0.342. The first-order valence-electron chi connectivity index (χ1n) is 5.47. The fraction of sp³-hybridized carbons (Fsp3) is 0.700. The molecule has 1 fully saturated rings. The molecule has 0 unspecified atom stereocenters. The van der Waals surface area contributed by atoms with Crippen molar-refractivity contribution in [1.82, 2.24) is 4.90 Å². The summed E-state index contributed by atoms with van der Waals surface area (Å²) in [6.07, 6.45) is -2.06. The number of aliphatic imine (C=N–C) groups is 1. The van der Waals surface area contributed by atoms with E-state index in [0.717, 1.165) is 0 Å². The Balaban J connectivity index is 2.01. The number of nitrogens with zero attached hydrogens (tertiary/aromatic N) is 2. The van der Waals surface area contributed by atoms with Gasteiger partial charge in [0.1, 0.15) is 12.3 Å². The van der Waals surface area contributed by atoms with Crippen molar-refractivity contribution in [3.63, 3.8) is 0 Å². The summed E-state index contributed by atoms with van der Waals surface area (Å²) >= 11 is 0. The summed E-state index contributed by atoms with van der Waals surface area (Å²) in [5.74, 6) is -0.664. The Kier molecular flexibility index (Phi) is 3.60. The number of ether oxygens (including phenoxy) is 2. The number of carbonyl (C=O) groups excluding carboxylic acids is 2. The van der Waals surface area contributed by atoms with Crippen LogP contribution < -0.4 is 0 Å². The van der Waals surface area contributed by atoms with Gasteiger partial charge in [-0.1, -0.05) is 0 Å². The average molecular weight is 258 g/mol. The SMILES string of the molecule is COC(=O)C1=NC(=O)N([C@H]2C[C@H](O)[C@@H](CO)O2)C1. The minimum absolute atomic E-state index is 0.00744. The summed E-state index contributed by atoms with van der Waals surface area (Å²) in [5, 5.41) is 18.5. The highest BCUT2D eigenvalue weighted by atomic mass is 16.5. The molecule has 8 heteroatoms. The normalized spacial score (nSPS) is 31.7. The number of aliphatic hydroxyl groups excluding tert-OH is 2. The maximum absolute atomic E-state index is 11.6. The van der Waals surface area contributed by atoms with Gasteiger partial charge in [-0.05, 0) is 0 Å². The molecule has 0 spiro atoms. The number of methoxy groups -OCH3 is 1. The first kappa shape index (κ1) is 12.9. The van der Waals surface area contributed by atoms with E-state index in [2.05, 4.69) is 9.73 Å². The highest BCUT2D eigenvalue weighted by Crippen LogP contribution is 2.25. The quantitative estimate of drug-likeness (QED) is 0.597. The Labute approximate surface area is 103 Å². The van der Waals surface area contributed by atoms with Crippen LogP contribution in [0.4, 0.5) is 4.79 Å². The highest BCUT2D eigenvalue weighted by molar-refractivity contribution is 6.40. The Hall–Kier alpha value is -1.51. The van der Waals surface area contributed by atoms with E-state index < -0.39 is 30.4 Å². The van der Waals surface area contributed by atoms with Crippen molar-refractivity contribution < 1.29 is 29.3 Å². The first-order chi connectivity index (χ1) is 8.56. The average Bonchev–Trinajstić information content (AvgIpc) is 2.91. The molecule has 0 aromatic heterocycles. The smallest absolute Gasteiger partial charge is 0.354 e. The molecule has 1 saturated heterocycles. The lowest BCUT2D eigenvalue weighted by atomic mass is 10.2. The van der Waals surface area contributed by atoms with Gasteiger partial charge in [0.15, 0.2) is 5.71 Å². The van der Waals surface area contributed by atoms with Crippen molar-refractivity contribution in [3.05, 3.63) is 0 Å². The molecule has 2 N–H and O–H groups in total. The van der Waals surface area contributed by atoms with Crippen molar-refractivity contribution in [3.8, 4) is 0 Å². The van der Waals surface area contributed by atoms with Crippen LogP contribution in [0.25, 0.3) is 0 Å². The van der Waals surface area contributed by atoms with E-state index in [1.165, 1.54) is 12.0 Å². The topological polar surface area (TPSA) is 109 Å². The second-order valence-corrected chi connectivity index (χ2v) is 4.08. The Morgan fingerprint density at radius 1 is 1.67 bits per heavy atom. The van der Waals surface area contributed by atoms with Crippen LogP contribution in [0.2, 0.25) is 0 Å². The van der Waals surface area contributed by atoms with Gasteiger partial charge in [-0.15, -0.1) is 0 Å². The molecular weight excluding hydrogens is 244 g/mol. The molecule has 0 radical (unpaired) electrons. The van der Waals surface area contributed by atoms with E-state index in [1.807, 2.05) is 0 Å². The molecule has 0 aromatic rings. The summed E-state index contributed by atoms with van der Waals surface area (Å²) in [6, 6.07) is -0.605. The number of aliphatic hydroxyl groups is 2. The number of rotatable bonds is 3. The Morgan fingerprint density at radius 3 is 2.94 bits per heavy atom. The summed E-state index contributed by atoms with van der Waals surface area (Å²) in [7, 11) is 1.20. The molecule has 18 heavy (non-hydrogen) atoms. The monoisotopic (exact) mass is 258 g/mol. The van der Waals surface area contributed by atoms with Crippen LogP contribution in [0.3, 0.4) is 0 Å². The van der Waals surface area contributed by atoms with Crippen molar-refractivity contribution in [2.24, 2.45) is 4.99 Å². The number of hydrogen-bond acceptors (Lipinski definition) is 6. The fourth-order valence-corrected chi connectivity index (χ4v) is 1.97. The van der Waals surface area contributed by atoms with Crippen molar-refractivity contribution in [1.29, 1.82) is 0 Å². The standard InChI is InChI=1S/C10H14N2O6/c1-17-9(15)5-3-12(10(16)11-5)8-2-6(14)7(4-13)18-8/h6-8,13-14H,2-4H2,1H3/t6-,7+,8+/m0/s1. The van der Waals surface area contributed by atoms with Gasteiger partial charge >= 0.3 is 12.0 Å². The number of carbonyl (C=O) groups is 2. The van der Waals surface area contributed by atoms with Crippen molar-refractivity contribution in [2.45, 2.75) is 24.9 Å². The maximum Gasteiger partial charge on any atom is 0.354 e. The maximum atomic E-state index is 11.6. The third-order valence-corrected chi connectivity index (χ3v) is 2.95. The summed E-state index contributed by atoms with van der Waals surface area (Å²) in [5.41, 5.74) is 0.00744. The first-order valence-corrected chi connectivity index (χ1v) is 5.47. The van der Waals surface area contributed by atoms with Crippen LogP contribution in [-0.2, 0) is 14.3 Å². The van der Waals surface area contributed by atoms with Crippen LogP contribution in [0.1, 0.15) is 6.42 Å². The number of hydrogen-bond donors (Lipinski definition) is 2. The number of urea groups is 1. The van der Waals surface area contributed by atoms with E-state index in [9.17, 15) is 14.7 Å². The van der Waals surface area contributed by atoms with E-state index in [4.69, 9.17) is 9.84 Å². The van der Waals surface area contributed by atoms with Gasteiger partial charge in [0.2, 0.25) is 0 Å². The lowest BCUT2D eigenvalue weighted by Crippen LogP contribution is -2.38. The van der Waals surface area contributed by atoms with Crippen LogP contribution >= 0.6 is 0 Å². The Morgan fingerprint density at radius 2 is 2.39 bits per heavy atom. The third kappa shape index (κ3) is 2.22. The molecule has 0 bridgehead atoms. The molecule has 3 atom stereocenters. The molecule has 0 saturated carbocycles. The van der Waals surface area contributed by atoms with Crippen LogP contribution in [-0.4, -0.2) is 71.5 Å². The molecule has 2 aliphatic heterocycles. The van der Waals surface area contributed by atoms with Gasteiger partial charge in [-0.2, -0.15) is 4.99 Å². The van der Waals surface area contributed by atoms with Crippen LogP contribution in [0.15, 0.2) is 4.99 Å². The van der Waals surface area contributed by atoms with Gasteiger partial charge in [0.25, 0.3) is 0 Å². The minimum atomic E-state index is -0.838. The molecule has 8 nitrogen and oxygen atoms in total. The molecule has 0 aromatic carbocycles. The zero-order valence-corrected chi connectivity index (χ0v) is 9.78. The number of amides is 2. The fourth-order valence-electron chi connectivity index (χ4n) is 1.97. The van der Waals surface area contributed by atoms with Crippen molar-refractivity contribution in [2.75, 3.05) is 20.3 Å². The molecule has 100 valence electrons. The van der Waals surface area contributed by atoms with Crippen LogP contribution in [0.5, 0.6) is 0 Å². The van der Waals surface area contributed by atoms with Gasteiger partial charge in [-0.25, -0.2) is 9.59 Å². The predicted octanol–water partition coefficient (Wildman–Crippen LogP) is -1.50. The molecule has 0 aliphatic carbocycles. The van der Waals surface area contributed by atoms with Gasteiger partial charge in [0.05, 0.1) is 26.4 Å². The lowest BCUT2D eigenvalue weighted by molar-refractivity contribution is -0.132. The van der Waals surface area contributed by atoms with Gasteiger partial charge < -0.3 is 19.7 Å². The zero-order valence-electron chi connectivity index (χ0n) is 9.78. The zero-order chi connectivity index (χ0) is 13.3. The minimum Gasteiger partial charge on any atom is -0.464 e. The lowest BCUT2D eigenvalue weighted by Gasteiger charge is -2.22. The second-order valence-electron chi connectivity index (χ2n) is 4.08. The van der Waals surface area contributed by atoms with E-state index in [0.29, 0.717) is 0 Å². The largest absolute Gasteiger partial charge is 0.464 e. The molecule has 2 heterocycles.